The first-order chi connectivity index (χ1) is 17.5. The quantitative estimate of drug-likeness (QED) is 0.368. The van der Waals surface area contributed by atoms with Gasteiger partial charge in [0.2, 0.25) is 0 Å². The normalized spacial score (nSPS) is 18.1. The number of nitrogens with one attached hydrogen (secondary N) is 1. The average Bonchev–Trinajstić information content (AvgIpc) is 3.33. The van der Waals surface area contributed by atoms with Crippen molar-refractivity contribution in [1.29, 1.82) is 0 Å². The lowest BCUT2D eigenvalue weighted by atomic mass is 10.0. The van der Waals surface area contributed by atoms with Crippen LogP contribution in [0.3, 0.4) is 0 Å². The maximum absolute atomic E-state index is 14.0. The minimum atomic E-state index is -0.151. The zero-order chi connectivity index (χ0) is 24.8. The second-order valence-corrected chi connectivity index (χ2v) is 11.7. The number of carbonyl (C=O) groups is 2. The summed E-state index contributed by atoms with van der Waals surface area (Å²) in [7, 11) is 0. The van der Waals surface area contributed by atoms with E-state index in [4.69, 9.17) is 4.98 Å². The van der Waals surface area contributed by atoms with Crippen molar-refractivity contribution in [2.75, 3.05) is 13.1 Å². The minimum Gasteiger partial charge on any atom is -0.349 e. The Morgan fingerprint density at radius 1 is 1.14 bits per heavy atom. The summed E-state index contributed by atoms with van der Waals surface area (Å²) in [4.78, 5) is 40.2. The Labute approximate surface area is 218 Å². The molecule has 1 aliphatic carbocycles. The van der Waals surface area contributed by atoms with E-state index in [2.05, 4.69) is 35.4 Å². The Hall–Kier alpha value is -3.04. The van der Waals surface area contributed by atoms with Crippen molar-refractivity contribution in [3.05, 3.63) is 63.5 Å². The van der Waals surface area contributed by atoms with Gasteiger partial charge in [0.1, 0.15) is 11.4 Å². The highest BCUT2D eigenvalue weighted by molar-refractivity contribution is 7.15. The van der Waals surface area contributed by atoms with Crippen LogP contribution in [0, 0.1) is 13.8 Å². The maximum atomic E-state index is 14.0. The first-order valence-corrected chi connectivity index (χ1v) is 14.3. The number of carbonyl (C=O) groups excluding carboxylic acids is 2. The van der Waals surface area contributed by atoms with Gasteiger partial charge in [-0.3, -0.25) is 14.0 Å². The number of thiazole rings is 2. The highest BCUT2D eigenvalue weighted by atomic mass is 32.1. The summed E-state index contributed by atoms with van der Waals surface area (Å²) in [5.41, 5.74) is 4.07. The number of piperidine rings is 1. The summed E-state index contributed by atoms with van der Waals surface area (Å²) < 4.78 is 1.84. The molecule has 4 aromatic rings. The standard InChI is InChI=1S/C27H29N5O2S2/c1-16-6-5-7-19(14-16)23-21(30-25(36-23)18-9-10-18)26(34)31-11-4-3-8-20(31)15-28-24(33)22-17(2)29-27-32(22)12-13-35-27/h5-7,12-14,18,20H,3-4,8-11,15H2,1-2H3,(H,28,33)/t20-/m0/s1. The molecule has 0 spiro atoms. The van der Waals surface area contributed by atoms with Gasteiger partial charge in [-0.1, -0.05) is 29.8 Å². The summed E-state index contributed by atoms with van der Waals surface area (Å²) in [6.07, 6.45) is 7.05. The van der Waals surface area contributed by atoms with Gasteiger partial charge in [-0.2, -0.15) is 0 Å². The molecule has 7 nitrogen and oxygen atoms in total. The molecule has 4 heterocycles. The van der Waals surface area contributed by atoms with E-state index in [1.807, 2.05) is 33.9 Å². The molecule has 0 radical (unpaired) electrons. The van der Waals surface area contributed by atoms with E-state index in [9.17, 15) is 9.59 Å². The van der Waals surface area contributed by atoms with Gasteiger partial charge < -0.3 is 10.2 Å². The van der Waals surface area contributed by atoms with Crippen molar-refractivity contribution in [3.63, 3.8) is 0 Å². The van der Waals surface area contributed by atoms with E-state index in [-0.39, 0.29) is 17.9 Å². The van der Waals surface area contributed by atoms with Gasteiger partial charge in [-0.15, -0.1) is 22.7 Å². The van der Waals surface area contributed by atoms with Crippen LogP contribution in [0.15, 0.2) is 35.8 Å². The Kier molecular flexibility index (Phi) is 6.13. The summed E-state index contributed by atoms with van der Waals surface area (Å²) in [6.45, 7) is 5.03. The lowest BCUT2D eigenvalue weighted by Crippen LogP contribution is -2.49. The molecule has 2 aliphatic rings. The highest BCUT2D eigenvalue weighted by Gasteiger charge is 2.34. The molecule has 1 N–H and O–H groups in total. The van der Waals surface area contributed by atoms with Crippen LogP contribution in [0.1, 0.15) is 75.3 Å². The van der Waals surface area contributed by atoms with Crippen LogP contribution in [0.25, 0.3) is 15.4 Å². The van der Waals surface area contributed by atoms with E-state index in [1.165, 1.54) is 16.9 Å². The Bertz CT molecular complexity index is 1450. The van der Waals surface area contributed by atoms with E-state index >= 15 is 0 Å². The van der Waals surface area contributed by atoms with E-state index in [0.717, 1.165) is 52.5 Å². The number of benzene rings is 1. The summed E-state index contributed by atoms with van der Waals surface area (Å²) >= 11 is 3.18. The van der Waals surface area contributed by atoms with Crippen molar-refractivity contribution < 1.29 is 9.59 Å². The number of hydrogen-bond acceptors (Lipinski definition) is 6. The summed E-state index contributed by atoms with van der Waals surface area (Å²) in [6, 6.07) is 8.26. The molecule has 2 amide bonds. The van der Waals surface area contributed by atoms with Gasteiger partial charge >= 0.3 is 0 Å². The Morgan fingerprint density at radius 3 is 2.81 bits per heavy atom. The van der Waals surface area contributed by atoms with Crippen LogP contribution < -0.4 is 5.32 Å². The second kappa shape index (κ2) is 9.44. The molecule has 1 aliphatic heterocycles. The summed E-state index contributed by atoms with van der Waals surface area (Å²) in [5.74, 6) is 0.320. The van der Waals surface area contributed by atoms with Gasteiger partial charge in [0.05, 0.1) is 15.6 Å². The van der Waals surface area contributed by atoms with Gasteiger partial charge in [0.25, 0.3) is 11.8 Å². The van der Waals surface area contributed by atoms with Gasteiger partial charge in [0, 0.05) is 36.6 Å². The predicted molar refractivity (Wildman–Crippen MR) is 143 cm³/mol. The molecule has 1 aromatic carbocycles. The van der Waals surface area contributed by atoms with Crippen LogP contribution in [0.5, 0.6) is 0 Å². The molecule has 3 aromatic heterocycles. The molecule has 2 fully saturated rings. The summed E-state index contributed by atoms with van der Waals surface area (Å²) in [5, 5.41) is 6.10. The Morgan fingerprint density at radius 2 is 2.00 bits per heavy atom. The fraction of sp³-hybridized carbons (Fsp3) is 0.407. The highest BCUT2D eigenvalue weighted by Crippen LogP contribution is 2.45. The van der Waals surface area contributed by atoms with Crippen molar-refractivity contribution in [2.45, 2.75) is 57.9 Å². The number of aryl methyl sites for hydroxylation is 2. The van der Waals surface area contributed by atoms with Crippen molar-refractivity contribution in [2.24, 2.45) is 0 Å². The third kappa shape index (κ3) is 4.35. The van der Waals surface area contributed by atoms with Crippen molar-refractivity contribution in [3.8, 4) is 10.4 Å². The number of fused-ring (bicyclic) bond motifs is 1. The fourth-order valence-electron chi connectivity index (χ4n) is 5.05. The number of likely N-dealkylation sites (tertiary alicyclic amines) is 1. The molecule has 0 unspecified atom stereocenters. The number of rotatable bonds is 6. The van der Waals surface area contributed by atoms with Crippen LogP contribution >= 0.6 is 22.7 Å². The minimum absolute atomic E-state index is 0.0191. The van der Waals surface area contributed by atoms with Crippen LogP contribution in [0.4, 0.5) is 0 Å². The SMILES string of the molecule is Cc1cccc(-c2sc(C3CC3)nc2C(=O)N2CCCC[C@H]2CNC(=O)c2c(C)nc3sccn23)c1. The molecular formula is C27H29N5O2S2. The molecule has 0 bridgehead atoms. The third-order valence-electron chi connectivity index (χ3n) is 7.09. The number of hydrogen-bond donors (Lipinski definition) is 1. The number of aromatic nitrogens is 3. The number of imidazole rings is 1. The van der Waals surface area contributed by atoms with E-state index < -0.39 is 0 Å². The Balaban J connectivity index is 1.25. The first-order valence-electron chi connectivity index (χ1n) is 12.6. The molecule has 186 valence electrons. The fourth-order valence-corrected chi connectivity index (χ4v) is 7.03. The largest absolute Gasteiger partial charge is 0.349 e. The zero-order valence-electron chi connectivity index (χ0n) is 20.5. The topological polar surface area (TPSA) is 79.6 Å². The zero-order valence-corrected chi connectivity index (χ0v) is 22.1. The molecular weight excluding hydrogens is 490 g/mol. The van der Waals surface area contributed by atoms with Gasteiger partial charge in [0.15, 0.2) is 4.96 Å². The monoisotopic (exact) mass is 519 g/mol. The maximum Gasteiger partial charge on any atom is 0.274 e. The van der Waals surface area contributed by atoms with E-state index in [0.29, 0.717) is 36.1 Å². The number of amides is 2. The lowest BCUT2D eigenvalue weighted by molar-refractivity contribution is 0.0597. The second-order valence-electron chi connectivity index (χ2n) is 9.83. The third-order valence-corrected chi connectivity index (χ3v) is 9.11. The smallest absolute Gasteiger partial charge is 0.274 e. The predicted octanol–water partition coefficient (Wildman–Crippen LogP) is 5.44. The van der Waals surface area contributed by atoms with Crippen LogP contribution in [-0.2, 0) is 0 Å². The van der Waals surface area contributed by atoms with Gasteiger partial charge in [-0.25, -0.2) is 9.97 Å². The molecule has 9 heteroatoms. The molecule has 36 heavy (non-hydrogen) atoms. The molecule has 1 atom stereocenters. The van der Waals surface area contributed by atoms with Crippen molar-refractivity contribution in [1.82, 2.24) is 24.6 Å². The van der Waals surface area contributed by atoms with Crippen LogP contribution in [0.2, 0.25) is 0 Å². The average molecular weight is 520 g/mol. The van der Waals surface area contributed by atoms with E-state index in [1.54, 1.807) is 11.3 Å². The van der Waals surface area contributed by atoms with Crippen molar-refractivity contribution >= 4 is 39.4 Å². The van der Waals surface area contributed by atoms with Gasteiger partial charge in [-0.05, 0) is 51.5 Å². The number of nitrogens with zero attached hydrogens (tertiary/aromatic N) is 4. The molecule has 1 saturated carbocycles. The lowest BCUT2D eigenvalue weighted by Gasteiger charge is -2.35. The molecule has 1 saturated heterocycles. The first kappa shape index (κ1) is 23.4. The molecule has 6 rings (SSSR count). The van der Waals surface area contributed by atoms with Crippen LogP contribution in [-0.4, -0.2) is 50.2 Å².